The van der Waals surface area contributed by atoms with E-state index in [1.807, 2.05) is 5.32 Å². The number of thiol groups is 1. The van der Waals surface area contributed by atoms with Gasteiger partial charge in [0.25, 0.3) is 0 Å². The first-order valence-electron chi connectivity index (χ1n) is 6.89. The van der Waals surface area contributed by atoms with Crippen LogP contribution < -0.4 is 21.7 Å². The van der Waals surface area contributed by atoms with Gasteiger partial charge < -0.3 is 37.0 Å². The number of aliphatic carboxylic acids is 1. The first-order chi connectivity index (χ1) is 11.1. The first-order valence-corrected chi connectivity index (χ1v) is 7.52. The minimum Gasteiger partial charge on any atom is -0.480 e. The molecule has 4 atom stereocenters. The van der Waals surface area contributed by atoms with Gasteiger partial charge in [-0.3, -0.25) is 19.2 Å². The standard InChI is InChI=1S/C12H22N4O7S/c1-5(18)9(16-10(21)6(13)4-24)12(23)15-7(3-17)11(22)14-2-8(19)20/h5-7,9,17-18,24H,2-4,13H2,1H3,(H,14,22)(H,15,23)(H,16,21)(H,19,20). The predicted octanol–water partition coefficient (Wildman–Crippen LogP) is -4.21. The molecular formula is C12H22N4O7S. The van der Waals surface area contributed by atoms with Crippen molar-refractivity contribution in [3.63, 3.8) is 0 Å². The van der Waals surface area contributed by atoms with Gasteiger partial charge >= 0.3 is 5.97 Å². The highest BCUT2D eigenvalue weighted by atomic mass is 32.1. The van der Waals surface area contributed by atoms with E-state index in [0.717, 1.165) is 0 Å². The molecule has 24 heavy (non-hydrogen) atoms. The highest BCUT2D eigenvalue weighted by Crippen LogP contribution is 1.97. The average Bonchev–Trinajstić information content (AvgIpc) is 2.53. The number of rotatable bonds is 10. The van der Waals surface area contributed by atoms with Gasteiger partial charge in [-0.2, -0.15) is 12.6 Å². The molecule has 8 N–H and O–H groups in total. The number of carbonyl (C=O) groups excluding carboxylic acids is 3. The molecule has 0 aliphatic carbocycles. The van der Waals surface area contributed by atoms with Crippen molar-refractivity contribution < 1.29 is 34.5 Å². The lowest BCUT2D eigenvalue weighted by Crippen LogP contribution is -2.60. The van der Waals surface area contributed by atoms with Crippen LogP contribution in [0.5, 0.6) is 0 Å². The van der Waals surface area contributed by atoms with Crippen LogP contribution in [0.1, 0.15) is 6.92 Å². The largest absolute Gasteiger partial charge is 0.480 e. The molecule has 0 rings (SSSR count). The Labute approximate surface area is 143 Å². The lowest BCUT2D eigenvalue weighted by molar-refractivity contribution is -0.139. The van der Waals surface area contributed by atoms with E-state index in [1.54, 1.807) is 0 Å². The first kappa shape index (κ1) is 22.1. The minimum absolute atomic E-state index is 0.0108. The quantitative estimate of drug-likeness (QED) is 0.178. The number of amides is 3. The molecule has 0 aliphatic heterocycles. The predicted molar refractivity (Wildman–Crippen MR) is 85.1 cm³/mol. The lowest BCUT2D eigenvalue weighted by atomic mass is 10.1. The number of aliphatic hydroxyl groups excluding tert-OH is 2. The summed E-state index contributed by atoms with van der Waals surface area (Å²) in [5, 5.41) is 33.5. The molecule has 0 aromatic carbocycles. The summed E-state index contributed by atoms with van der Waals surface area (Å²) in [6, 6.07) is -3.88. The Bertz CT molecular complexity index is 474. The summed E-state index contributed by atoms with van der Waals surface area (Å²) in [6.07, 6.45) is -1.32. The Morgan fingerprint density at radius 3 is 2.12 bits per heavy atom. The Balaban J connectivity index is 4.87. The molecule has 0 bridgehead atoms. The van der Waals surface area contributed by atoms with E-state index in [2.05, 4.69) is 23.3 Å². The maximum Gasteiger partial charge on any atom is 0.322 e. The van der Waals surface area contributed by atoms with Gasteiger partial charge in [0.15, 0.2) is 0 Å². The molecular weight excluding hydrogens is 344 g/mol. The minimum atomic E-state index is -1.45. The van der Waals surface area contributed by atoms with Crippen LogP contribution in [-0.4, -0.2) is 82.1 Å². The number of carbonyl (C=O) groups is 4. The Morgan fingerprint density at radius 2 is 1.71 bits per heavy atom. The summed E-state index contributed by atoms with van der Waals surface area (Å²) >= 11 is 3.84. The highest BCUT2D eigenvalue weighted by molar-refractivity contribution is 7.80. The van der Waals surface area contributed by atoms with E-state index >= 15 is 0 Å². The van der Waals surface area contributed by atoms with Crippen molar-refractivity contribution in [2.45, 2.75) is 31.2 Å². The van der Waals surface area contributed by atoms with Crippen molar-refractivity contribution in [3.8, 4) is 0 Å². The SMILES string of the molecule is CC(O)C(NC(=O)C(N)CS)C(=O)NC(CO)C(=O)NCC(=O)O. The van der Waals surface area contributed by atoms with Crippen molar-refractivity contribution in [1.82, 2.24) is 16.0 Å². The number of aliphatic hydroxyl groups is 2. The normalized spacial score (nSPS) is 15.5. The van der Waals surface area contributed by atoms with Crippen LogP contribution in [0.15, 0.2) is 0 Å². The molecule has 0 saturated heterocycles. The fourth-order valence-electron chi connectivity index (χ4n) is 1.49. The molecule has 0 fully saturated rings. The molecule has 138 valence electrons. The molecule has 4 unspecified atom stereocenters. The number of carboxylic acid groups (broad SMARTS) is 1. The van der Waals surface area contributed by atoms with Crippen LogP contribution in [-0.2, 0) is 19.2 Å². The van der Waals surface area contributed by atoms with Gasteiger partial charge in [0.2, 0.25) is 17.7 Å². The summed E-state index contributed by atoms with van der Waals surface area (Å²) in [5.74, 6) is -3.91. The second-order valence-electron chi connectivity index (χ2n) is 4.87. The van der Waals surface area contributed by atoms with Gasteiger partial charge in [0.1, 0.15) is 18.6 Å². The van der Waals surface area contributed by atoms with Gasteiger partial charge in [-0.25, -0.2) is 0 Å². The number of nitrogens with two attached hydrogens (primary N) is 1. The van der Waals surface area contributed by atoms with E-state index in [4.69, 9.17) is 15.9 Å². The van der Waals surface area contributed by atoms with Gasteiger partial charge in [0, 0.05) is 5.75 Å². The fourth-order valence-corrected chi connectivity index (χ4v) is 1.66. The number of nitrogens with one attached hydrogen (secondary N) is 3. The average molecular weight is 366 g/mol. The van der Waals surface area contributed by atoms with Crippen molar-refractivity contribution in [3.05, 3.63) is 0 Å². The van der Waals surface area contributed by atoms with Crippen LogP contribution >= 0.6 is 12.6 Å². The summed E-state index contributed by atoms with van der Waals surface area (Å²) in [5.41, 5.74) is 5.45. The molecule has 0 saturated carbocycles. The summed E-state index contributed by atoms with van der Waals surface area (Å²) in [4.78, 5) is 45.8. The van der Waals surface area contributed by atoms with Gasteiger partial charge in [-0.1, -0.05) is 0 Å². The molecule has 3 amide bonds. The van der Waals surface area contributed by atoms with Crippen molar-refractivity contribution >= 4 is 36.3 Å². The van der Waals surface area contributed by atoms with E-state index in [9.17, 15) is 24.3 Å². The monoisotopic (exact) mass is 366 g/mol. The molecule has 0 aromatic rings. The zero-order chi connectivity index (χ0) is 18.9. The fraction of sp³-hybridized carbons (Fsp3) is 0.667. The summed E-state index contributed by atoms with van der Waals surface area (Å²) in [6.45, 7) is -0.276. The number of carboxylic acids is 1. The van der Waals surface area contributed by atoms with E-state index < -0.39 is 61.1 Å². The van der Waals surface area contributed by atoms with E-state index in [-0.39, 0.29) is 5.75 Å². The van der Waals surface area contributed by atoms with E-state index in [1.165, 1.54) is 6.92 Å². The molecule has 12 heteroatoms. The van der Waals surface area contributed by atoms with Gasteiger partial charge in [-0.05, 0) is 6.92 Å². The highest BCUT2D eigenvalue weighted by Gasteiger charge is 2.30. The molecule has 11 nitrogen and oxygen atoms in total. The summed E-state index contributed by atoms with van der Waals surface area (Å²) < 4.78 is 0. The van der Waals surface area contributed by atoms with Crippen molar-refractivity contribution in [1.29, 1.82) is 0 Å². The van der Waals surface area contributed by atoms with Gasteiger partial charge in [0.05, 0.1) is 18.8 Å². The molecule has 0 spiro atoms. The second-order valence-corrected chi connectivity index (χ2v) is 5.24. The van der Waals surface area contributed by atoms with Crippen molar-refractivity contribution in [2.75, 3.05) is 18.9 Å². The van der Waals surface area contributed by atoms with Crippen molar-refractivity contribution in [2.24, 2.45) is 5.73 Å². The summed E-state index contributed by atoms with van der Waals surface area (Å²) in [7, 11) is 0. The van der Waals surface area contributed by atoms with Crippen LogP contribution in [0.25, 0.3) is 0 Å². The zero-order valence-corrected chi connectivity index (χ0v) is 13.8. The lowest BCUT2D eigenvalue weighted by Gasteiger charge is -2.24. The number of hydrogen-bond donors (Lipinski definition) is 8. The van der Waals surface area contributed by atoms with Crippen LogP contribution in [0.4, 0.5) is 0 Å². The topological polar surface area (TPSA) is 191 Å². The van der Waals surface area contributed by atoms with Gasteiger partial charge in [-0.15, -0.1) is 0 Å². The van der Waals surface area contributed by atoms with Crippen LogP contribution in [0.2, 0.25) is 0 Å². The maximum atomic E-state index is 12.1. The Morgan fingerprint density at radius 1 is 1.12 bits per heavy atom. The third-order valence-electron chi connectivity index (χ3n) is 2.83. The molecule has 0 heterocycles. The van der Waals surface area contributed by atoms with Crippen LogP contribution in [0.3, 0.4) is 0 Å². The Kier molecular flexibility index (Phi) is 9.95. The molecule has 0 aromatic heterocycles. The third kappa shape index (κ3) is 7.59. The second kappa shape index (κ2) is 10.8. The van der Waals surface area contributed by atoms with E-state index in [0.29, 0.717) is 0 Å². The number of hydrogen-bond acceptors (Lipinski definition) is 8. The third-order valence-corrected chi connectivity index (χ3v) is 3.22. The maximum absolute atomic E-state index is 12.1. The molecule has 0 radical (unpaired) electrons. The molecule has 0 aliphatic rings. The smallest absolute Gasteiger partial charge is 0.322 e. The van der Waals surface area contributed by atoms with Crippen LogP contribution in [0, 0.1) is 0 Å². The Hall–Kier alpha value is -1.89. The zero-order valence-electron chi connectivity index (χ0n) is 12.9.